The van der Waals surface area contributed by atoms with Crippen molar-refractivity contribution >= 4 is 0 Å². The lowest BCUT2D eigenvalue weighted by molar-refractivity contribution is 0.0227. The molecule has 0 amide bonds. The maximum atomic E-state index is 9.91. The smallest absolute Gasteiger partial charge is 0.0765 e. The lowest BCUT2D eigenvalue weighted by Crippen LogP contribution is -2.40. The second-order valence-corrected chi connectivity index (χ2v) is 4.89. The van der Waals surface area contributed by atoms with E-state index in [1.807, 2.05) is 6.92 Å². The number of nitrogens with one attached hydrogen (secondary N) is 1. The van der Waals surface area contributed by atoms with Crippen LogP contribution < -0.4 is 5.32 Å². The van der Waals surface area contributed by atoms with Crippen LogP contribution in [-0.2, 0) is 9.47 Å². The summed E-state index contributed by atoms with van der Waals surface area (Å²) in [5.74, 6) is 0.574. The molecule has 16 heavy (non-hydrogen) atoms. The summed E-state index contributed by atoms with van der Waals surface area (Å²) in [7, 11) is 1.64. The first-order chi connectivity index (χ1) is 7.48. The molecule has 0 aliphatic carbocycles. The van der Waals surface area contributed by atoms with Gasteiger partial charge in [0.1, 0.15) is 0 Å². The molecule has 0 aromatic heterocycles. The summed E-state index contributed by atoms with van der Waals surface area (Å²) in [4.78, 5) is 0. The van der Waals surface area contributed by atoms with E-state index < -0.39 is 5.60 Å². The van der Waals surface area contributed by atoms with Gasteiger partial charge in [0.15, 0.2) is 0 Å². The normalized spacial score (nSPS) is 15.4. The van der Waals surface area contributed by atoms with Crippen molar-refractivity contribution < 1.29 is 14.6 Å². The highest BCUT2D eigenvalue weighted by atomic mass is 16.5. The van der Waals surface area contributed by atoms with E-state index in [4.69, 9.17) is 9.47 Å². The molecule has 1 unspecified atom stereocenters. The quantitative estimate of drug-likeness (QED) is 0.554. The Bertz CT molecular complexity index is 160. The summed E-state index contributed by atoms with van der Waals surface area (Å²) in [6.07, 6.45) is 0.642. The average Bonchev–Trinajstić information content (AvgIpc) is 2.20. The molecule has 0 rings (SSSR count). The minimum Gasteiger partial charge on any atom is -0.389 e. The van der Waals surface area contributed by atoms with Crippen molar-refractivity contribution in [2.24, 2.45) is 5.92 Å². The van der Waals surface area contributed by atoms with Crippen LogP contribution in [-0.4, -0.2) is 50.7 Å². The molecule has 0 aromatic rings. The number of methoxy groups -OCH3 is 1. The van der Waals surface area contributed by atoms with Crippen molar-refractivity contribution in [3.05, 3.63) is 0 Å². The Hall–Kier alpha value is -0.160. The molecule has 98 valence electrons. The van der Waals surface area contributed by atoms with Crippen LogP contribution in [0.3, 0.4) is 0 Å². The van der Waals surface area contributed by atoms with Crippen LogP contribution in [0.1, 0.15) is 27.2 Å². The molecule has 0 aromatic carbocycles. The van der Waals surface area contributed by atoms with Crippen molar-refractivity contribution in [2.45, 2.75) is 32.8 Å². The second kappa shape index (κ2) is 8.93. The van der Waals surface area contributed by atoms with Crippen LogP contribution in [0.5, 0.6) is 0 Å². The molecule has 4 heteroatoms. The van der Waals surface area contributed by atoms with E-state index in [0.29, 0.717) is 32.1 Å². The molecule has 0 radical (unpaired) electrons. The number of hydrogen-bond acceptors (Lipinski definition) is 4. The number of hydrogen-bond donors (Lipinski definition) is 2. The van der Waals surface area contributed by atoms with Crippen molar-refractivity contribution in [2.75, 3.05) is 40.0 Å². The van der Waals surface area contributed by atoms with E-state index in [0.717, 1.165) is 13.2 Å². The highest BCUT2D eigenvalue weighted by molar-refractivity contribution is 4.74. The van der Waals surface area contributed by atoms with Crippen molar-refractivity contribution in [3.8, 4) is 0 Å². The van der Waals surface area contributed by atoms with Crippen molar-refractivity contribution in [1.82, 2.24) is 5.32 Å². The van der Waals surface area contributed by atoms with Gasteiger partial charge in [0.05, 0.1) is 12.2 Å². The lowest BCUT2D eigenvalue weighted by atomic mass is 10.0. The number of ether oxygens (including phenoxy) is 2. The predicted octanol–water partition coefficient (Wildman–Crippen LogP) is 1.04. The van der Waals surface area contributed by atoms with E-state index in [1.165, 1.54) is 0 Å². The van der Waals surface area contributed by atoms with Gasteiger partial charge in [-0.3, -0.25) is 0 Å². The SMILES string of the molecule is COCCC(C)(O)CNCCOCC(C)C. The molecule has 1 atom stereocenters. The maximum absolute atomic E-state index is 9.91. The zero-order chi connectivity index (χ0) is 12.4. The summed E-state index contributed by atoms with van der Waals surface area (Å²) >= 11 is 0. The first-order valence-electron chi connectivity index (χ1n) is 5.98. The van der Waals surface area contributed by atoms with E-state index in [-0.39, 0.29) is 0 Å². The van der Waals surface area contributed by atoms with E-state index in [2.05, 4.69) is 19.2 Å². The zero-order valence-electron chi connectivity index (χ0n) is 11.1. The summed E-state index contributed by atoms with van der Waals surface area (Å²) in [5.41, 5.74) is -0.700. The molecule has 4 nitrogen and oxygen atoms in total. The van der Waals surface area contributed by atoms with Crippen LogP contribution in [0.4, 0.5) is 0 Å². The fourth-order valence-corrected chi connectivity index (χ4v) is 1.23. The third-order valence-electron chi connectivity index (χ3n) is 2.22. The lowest BCUT2D eigenvalue weighted by Gasteiger charge is -2.23. The van der Waals surface area contributed by atoms with Crippen LogP contribution in [0.15, 0.2) is 0 Å². The van der Waals surface area contributed by atoms with Gasteiger partial charge in [-0.25, -0.2) is 0 Å². The minimum absolute atomic E-state index is 0.571. The average molecular weight is 233 g/mol. The van der Waals surface area contributed by atoms with E-state index in [1.54, 1.807) is 7.11 Å². The molecule has 0 fully saturated rings. The molecule has 0 saturated heterocycles. The van der Waals surface area contributed by atoms with Gasteiger partial charge >= 0.3 is 0 Å². The molecule has 0 aliphatic rings. The Morgan fingerprint density at radius 3 is 2.56 bits per heavy atom. The fourth-order valence-electron chi connectivity index (χ4n) is 1.23. The molecule has 0 spiro atoms. The van der Waals surface area contributed by atoms with Crippen LogP contribution in [0, 0.1) is 5.92 Å². The van der Waals surface area contributed by atoms with Crippen LogP contribution in [0.2, 0.25) is 0 Å². The molecule has 0 bridgehead atoms. The molecule has 2 N–H and O–H groups in total. The highest BCUT2D eigenvalue weighted by Crippen LogP contribution is 2.07. The van der Waals surface area contributed by atoms with Gasteiger partial charge in [-0.05, 0) is 12.8 Å². The van der Waals surface area contributed by atoms with Crippen molar-refractivity contribution in [1.29, 1.82) is 0 Å². The third kappa shape index (κ3) is 10.4. The Balaban J connectivity index is 3.35. The van der Waals surface area contributed by atoms with Gasteiger partial charge in [-0.1, -0.05) is 13.8 Å². The summed E-state index contributed by atoms with van der Waals surface area (Å²) in [5, 5.41) is 13.1. The van der Waals surface area contributed by atoms with E-state index >= 15 is 0 Å². The Morgan fingerprint density at radius 1 is 1.31 bits per heavy atom. The summed E-state index contributed by atoms with van der Waals surface area (Å²) < 4.78 is 10.4. The van der Waals surface area contributed by atoms with Gasteiger partial charge in [-0.2, -0.15) is 0 Å². The van der Waals surface area contributed by atoms with Gasteiger partial charge in [-0.15, -0.1) is 0 Å². The molecule has 0 saturated carbocycles. The Kier molecular flexibility index (Phi) is 8.84. The Labute approximate surface area is 99.3 Å². The van der Waals surface area contributed by atoms with Crippen LogP contribution >= 0.6 is 0 Å². The summed E-state index contributed by atoms with van der Waals surface area (Å²) in [6, 6.07) is 0. The standard InChI is InChI=1S/C12H27NO3/c1-11(2)9-16-8-6-13-10-12(3,14)5-7-15-4/h11,13-14H,5-10H2,1-4H3. The second-order valence-electron chi connectivity index (χ2n) is 4.89. The summed E-state index contributed by atoms with van der Waals surface area (Å²) in [6.45, 7) is 9.48. The van der Waals surface area contributed by atoms with E-state index in [9.17, 15) is 5.11 Å². The fraction of sp³-hybridized carbons (Fsp3) is 1.00. The predicted molar refractivity (Wildman–Crippen MR) is 65.6 cm³/mol. The van der Waals surface area contributed by atoms with Gasteiger partial charge in [0, 0.05) is 39.8 Å². The number of aliphatic hydroxyl groups is 1. The maximum Gasteiger partial charge on any atom is 0.0765 e. The first kappa shape index (κ1) is 15.8. The van der Waals surface area contributed by atoms with Gasteiger partial charge < -0.3 is 19.9 Å². The molecule has 0 aliphatic heterocycles. The van der Waals surface area contributed by atoms with Gasteiger partial charge in [0.25, 0.3) is 0 Å². The topological polar surface area (TPSA) is 50.7 Å². The monoisotopic (exact) mass is 233 g/mol. The molecule has 0 heterocycles. The zero-order valence-corrected chi connectivity index (χ0v) is 11.1. The minimum atomic E-state index is -0.700. The molecular formula is C12H27NO3. The van der Waals surface area contributed by atoms with Crippen molar-refractivity contribution in [3.63, 3.8) is 0 Å². The third-order valence-corrected chi connectivity index (χ3v) is 2.22. The molecular weight excluding hydrogens is 206 g/mol. The first-order valence-corrected chi connectivity index (χ1v) is 5.98. The Morgan fingerprint density at radius 2 is 2.00 bits per heavy atom. The highest BCUT2D eigenvalue weighted by Gasteiger charge is 2.18. The number of rotatable bonds is 10. The largest absolute Gasteiger partial charge is 0.389 e. The van der Waals surface area contributed by atoms with Gasteiger partial charge in [0.2, 0.25) is 0 Å². The van der Waals surface area contributed by atoms with Crippen LogP contribution in [0.25, 0.3) is 0 Å².